The Morgan fingerprint density at radius 1 is 1.20 bits per heavy atom. The van der Waals surface area contributed by atoms with Gasteiger partial charge in [-0.1, -0.05) is 18.2 Å². The van der Waals surface area contributed by atoms with E-state index in [4.69, 9.17) is 4.74 Å². The Hall–Kier alpha value is -3.08. The monoisotopic (exact) mass is 336 g/mol. The molecule has 128 valence electrons. The first-order chi connectivity index (χ1) is 12.1. The van der Waals surface area contributed by atoms with Crippen molar-refractivity contribution in [3.8, 4) is 5.75 Å². The van der Waals surface area contributed by atoms with Gasteiger partial charge in [0.2, 0.25) is 0 Å². The Morgan fingerprint density at radius 3 is 2.76 bits per heavy atom. The largest absolute Gasteiger partial charge is 0.496 e. The standard InChI is InChI=1S/C20H20N2O3/c1-3-21-19(23)14-7-4-6-13(10-14)11-15-12-22-20(24)16-8-5-9-17(25-2)18(15)16/h4-10,12H,3,11H2,1-2H3,(H,21,23)(H,22,24). The van der Waals surface area contributed by atoms with Gasteiger partial charge < -0.3 is 15.0 Å². The van der Waals surface area contributed by atoms with Crippen LogP contribution in [0.1, 0.15) is 28.4 Å². The van der Waals surface area contributed by atoms with Crippen LogP contribution in [0.15, 0.2) is 53.5 Å². The zero-order valence-electron chi connectivity index (χ0n) is 14.3. The highest BCUT2D eigenvalue weighted by Crippen LogP contribution is 2.28. The summed E-state index contributed by atoms with van der Waals surface area (Å²) in [6.07, 6.45) is 2.30. The van der Waals surface area contributed by atoms with E-state index in [-0.39, 0.29) is 11.5 Å². The molecule has 0 saturated heterocycles. The number of fused-ring (bicyclic) bond motifs is 1. The van der Waals surface area contributed by atoms with Crippen molar-refractivity contribution in [2.24, 2.45) is 0 Å². The van der Waals surface area contributed by atoms with Crippen molar-refractivity contribution in [1.82, 2.24) is 10.3 Å². The molecule has 0 saturated carbocycles. The number of carbonyl (C=O) groups excluding carboxylic acids is 1. The van der Waals surface area contributed by atoms with Crippen LogP contribution in [0.2, 0.25) is 0 Å². The first-order valence-corrected chi connectivity index (χ1v) is 8.18. The summed E-state index contributed by atoms with van der Waals surface area (Å²) < 4.78 is 5.44. The van der Waals surface area contributed by atoms with E-state index in [1.54, 1.807) is 31.5 Å². The zero-order valence-corrected chi connectivity index (χ0v) is 14.3. The number of benzene rings is 2. The molecule has 0 radical (unpaired) electrons. The van der Waals surface area contributed by atoms with Crippen LogP contribution in [0.3, 0.4) is 0 Å². The molecule has 0 aliphatic rings. The number of aromatic amines is 1. The highest BCUT2D eigenvalue weighted by atomic mass is 16.5. The molecule has 0 spiro atoms. The van der Waals surface area contributed by atoms with E-state index in [0.29, 0.717) is 29.7 Å². The Kier molecular flexibility index (Phi) is 4.84. The number of hydrogen-bond acceptors (Lipinski definition) is 3. The van der Waals surface area contributed by atoms with E-state index < -0.39 is 0 Å². The van der Waals surface area contributed by atoms with Gasteiger partial charge in [-0.15, -0.1) is 0 Å². The second-order valence-electron chi connectivity index (χ2n) is 5.76. The van der Waals surface area contributed by atoms with Crippen molar-refractivity contribution in [2.75, 3.05) is 13.7 Å². The minimum absolute atomic E-state index is 0.0896. The van der Waals surface area contributed by atoms with E-state index in [1.165, 1.54) is 0 Å². The normalized spacial score (nSPS) is 10.6. The lowest BCUT2D eigenvalue weighted by Gasteiger charge is -2.11. The molecule has 5 nitrogen and oxygen atoms in total. The number of H-pyrrole nitrogens is 1. The van der Waals surface area contributed by atoms with Gasteiger partial charge in [0, 0.05) is 23.7 Å². The predicted octanol–water partition coefficient (Wildman–Crippen LogP) is 2.88. The molecule has 3 rings (SSSR count). The molecule has 1 aromatic heterocycles. The zero-order chi connectivity index (χ0) is 17.8. The lowest BCUT2D eigenvalue weighted by atomic mass is 9.99. The van der Waals surface area contributed by atoms with Crippen molar-refractivity contribution < 1.29 is 9.53 Å². The van der Waals surface area contributed by atoms with Crippen molar-refractivity contribution in [1.29, 1.82) is 0 Å². The van der Waals surface area contributed by atoms with Crippen LogP contribution in [0.5, 0.6) is 5.75 Å². The van der Waals surface area contributed by atoms with Gasteiger partial charge in [-0.3, -0.25) is 9.59 Å². The van der Waals surface area contributed by atoms with Crippen LogP contribution in [-0.2, 0) is 6.42 Å². The Labute approximate surface area is 145 Å². The number of ether oxygens (including phenoxy) is 1. The van der Waals surface area contributed by atoms with Gasteiger partial charge in [-0.2, -0.15) is 0 Å². The molecular weight excluding hydrogens is 316 g/mol. The predicted molar refractivity (Wildman–Crippen MR) is 98.4 cm³/mol. The first kappa shape index (κ1) is 16.8. The third kappa shape index (κ3) is 3.40. The Morgan fingerprint density at radius 2 is 2.00 bits per heavy atom. The van der Waals surface area contributed by atoms with Crippen molar-refractivity contribution in [3.63, 3.8) is 0 Å². The van der Waals surface area contributed by atoms with E-state index in [9.17, 15) is 9.59 Å². The molecule has 0 fully saturated rings. The summed E-state index contributed by atoms with van der Waals surface area (Å²) in [6.45, 7) is 2.48. The molecule has 1 amide bonds. The van der Waals surface area contributed by atoms with Crippen LogP contribution in [-0.4, -0.2) is 24.5 Å². The number of aromatic nitrogens is 1. The highest BCUT2D eigenvalue weighted by molar-refractivity contribution is 5.94. The average Bonchev–Trinajstić information content (AvgIpc) is 2.64. The van der Waals surface area contributed by atoms with E-state index in [2.05, 4.69) is 10.3 Å². The third-order valence-electron chi connectivity index (χ3n) is 4.11. The Bertz CT molecular complexity index is 976. The molecule has 0 aliphatic heterocycles. The fourth-order valence-electron chi connectivity index (χ4n) is 2.97. The van der Waals surface area contributed by atoms with Crippen molar-refractivity contribution >= 4 is 16.7 Å². The van der Waals surface area contributed by atoms with Crippen LogP contribution in [0, 0.1) is 0 Å². The minimum Gasteiger partial charge on any atom is -0.496 e. The molecular formula is C20H20N2O3. The van der Waals surface area contributed by atoms with E-state index >= 15 is 0 Å². The summed E-state index contributed by atoms with van der Waals surface area (Å²) in [5.41, 5.74) is 2.41. The van der Waals surface area contributed by atoms with Crippen LogP contribution >= 0.6 is 0 Å². The van der Waals surface area contributed by atoms with E-state index in [0.717, 1.165) is 16.5 Å². The maximum Gasteiger partial charge on any atom is 0.255 e. The quantitative estimate of drug-likeness (QED) is 0.752. The highest BCUT2D eigenvalue weighted by Gasteiger charge is 2.11. The fraction of sp³-hybridized carbons (Fsp3) is 0.200. The van der Waals surface area contributed by atoms with Crippen LogP contribution < -0.4 is 15.6 Å². The number of rotatable bonds is 5. The third-order valence-corrected chi connectivity index (χ3v) is 4.11. The summed E-state index contributed by atoms with van der Waals surface area (Å²) in [5, 5.41) is 4.20. The van der Waals surface area contributed by atoms with Gasteiger partial charge in [-0.25, -0.2) is 0 Å². The maximum absolute atomic E-state index is 12.1. The molecule has 3 aromatic rings. The fourth-order valence-corrected chi connectivity index (χ4v) is 2.97. The van der Waals surface area contributed by atoms with Crippen molar-refractivity contribution in [3.05, 3.63) is 75.7 Å². The molecule has 0 unspecified atom stereocenters. The second-order valence-corrected chi connectivity index (χ2v) is 5.76. The molecule has 5 heteroatoms. The molecule has 1 heterocycles. The molecule has 2 aromatic carbocycles. The van der Waals surface area contributed by atoms with Gasteiger partial charge in [-0.05, 0) is 48.7 Å². The average molecular weight is 336 g/mol. The number of carbonyl (C=O) groups is 1. The van der Waals surface area contributed by atoms with Gasteiger partial charge in [0.15, 0.2) is 0 Å². The van der Waals surface area contributed by atoms with E-state index in [1.807, 2.05) is 31.2 Å². The van der Waals surface area contributed by atoms with Crippen LogP contribution in [0.25, 0.3) is 10.8 Å². The molecule has 25 heavy (non-hydrogen) atoms. The van der Waals surface area contributed by atoms with Crippen LogP contribution in [0.4, 0.5) is 0 Å². The lowest BCUT2D eigenvalue weighted by molar-refractivity contribution is 0.0955. The molecule has 0 bridgehead atoms. The first-order valence-electron chi connectivity index (χ1n) is 8.18. The van der Waals surface area contributed by atoms with Gasteiger partial charge in [0.05, 0.1) is 12.5 Å². The maximum atomic E-state index is 12.1. The number of hydrogen-bond donors (Lipinski definition) is 2. The van der Waals surface area contributed by atoms with Gasteiger partial charge in [0.1, 0.15) is 5.75 Å². The molecule has 2 N–H and O–H groups in total. The van der Waals surface area contributed by atoms with Gasteiger partial charge in [0.25, 0.3) is 11.5 Å². The summed E-state index contributed by atoms with van der Waals surface area (Å²) >= 11 is 0. The molecule has 0 atom stereocenters. The molecule has 0 aliphatic carbocycles. The summed E-state index contributed by atoms with van der Waals surface area (Å²) in [5.74, 6) is 0.576. The summed E-state index contributed by atoms with van der Waals surface area (Å²) in [6, 6.07) is 12.9. The number of methoxy groups -OCH3 is 1. The SMILES string of the molecule is CCNC(=O)c1cccc(Cc2c[nH]c(=O)c3cccc(OC)c23)c1. The Balaban J connectivity index is 2.04. The van der Waals surface area contributed by atoms with Crippen molar-refractivity contribution in [2.45, 2.75) is 13.3 Å². The van der Waals surface area contributed by atoms with Gasteiger partial charge >= 0.3 is 0 Å². The lowest BCUT2D eigenvalue weighted by Crippen LogP contribution is -2.22. The topological polar surface area (TPSA) is 71.2 Å². The summed E-state index contributed by atoms with van der Waals surface area (Å²) in [4.78, 5) is 26.9. The smallest absolute Gasteiger partial charge is 0.255 e. The summed E-state index contributed by atoms with van der Waals surface area (Å²) in [7, 11) is 1.59. The number of amides is 1. The number of nitrogens with one attached hydrogen (secondary N) is 2. The minimum atomic E-state index is -0.145. The number of pyridine rings is 1. The second kappa shape index (κ2) is 7.21.